The number of hydrogen-bond acceptors (Lipinski definition) is 6. The highest BCUT2D eigenvalue weighted by atomic mass is 32.2. The molecule has 2 aromatic carbocycles. The summed E-state index contributed by atoms with van der Waals surface area (Å²) in [6.07, 6.45) is 0. The van der Waals surface area contributed by atoms with E-state index in [9.17, 15) is 13.2 Å². The average Bonchev–Trinajstić information content (AvgIpc) is 3.15. The van der Waals surface area contributed by atoms with Crippen molar-refractivity contribution < 1.29 is 18.0 Å². The summed E-state index contributed by atoms with van der Waals surface area (Å²) in [5.41, 5.74) is 1.31. The van der Waals surface area contributed by atoms with Crippen molar-refractivity contribution in [3.63, 3.8) is 0 Å². The van der Waals surface area contributed by atoms with E-state index < -0.39 is 10.0 Å². The maximum absolute atomic E-state index is 12.8. The summed E-state index contributed by atoms with van der Waals surface area (Å²) in [6.45, 7) is 1.92. The van der Waals surface area contributed by atoms with Gasteiger partial charge in [0.2, 0.25) is 0 Å². The van der Waals surface area contributed by atoms with Crippen molar-refractivity contribution in [2.75, 3.05) is 21.2 Å². The highest BCUT2D eigenvalue weighted by Crippen LogP contribution is 2.29. The molecule has 28 heavy (non-hydrogen) atoms. The fraction of sp³-hybridized carbons (Fsp3) is 0.263. The summed E-state index contributed by atoms with van der Waals surface area (Å²) < 4.78 is 26.4. The summed E-state index contributed by atoms with van der Waals surface area (Å²) >= 11 is 1.55. The van der Waals surface area contributed by atoms with Crippen molar-refractivity contribution in [3.8, 4) is 0 Å². The van der Waals surface area contributed by atoms with Crippen molar-refractivity contribution in [1.82, 2.24) is 14.4 Å². The van der Waals surface area contributed by atoms with Crippen molar-refractivity contribution >= 4 is 37.5 Å². The highest BCUT2D eigenvalue weighted by Gasteiger charge is 2.24. The first-order valence-electron chi connectivity index (χ1n) is 8.51. The topological polar surface area (TPSA) is 79.8 Å². The second-order valence-electron chi connectivity index (χ2n) is 6.23. The normalized spacial score (nSPS) is 13.0. The molecule has 1 atom stereocenters. The zero-order valence-electron chi connectivity index (χ0n) is 16.0. The molecule has 1 amide bonds. The van der Waals surface area contributed by atoms with Crippen LogP contribution in [-0.4, -0.2) is 49.9 Å². The maximum Gasteiger partial charge on any atom is 0.264 e. The number of para-hydroxylation sites is 1. The molecule has 7 nitrogen and oxygen atoms in total. The maximum atomic E-state index is 12.8. The first-order chi connectivity index (χ1) is 13.3. The molecule has 9 heteroatoms. The van der Waals surface area contributed by atoms with Crippen LogP contribution in [0.3, 0.4) is 0 Å². The van der Waals surface area contributed by atoms with Crippen LogP contribution >= 0.6 is 11.3 Å². The summed E-state index contributed by atoms with van der Waals surface area (Å²) in [4.78, 5) is 23.9. The van der Waals surface area contributed by atoms with E-state index >= 15 is 0 Å². The van der Waals surface area contributed by atoms with Gasteiger partial charge in [-0.2, -0.15) is 0 Å². The standard InChI is InChI=1S/C19H21N3O4S2/c1-13(18-20-16-7-5-6-8-17(16)27-18)21(2)19(23)14-9-11-15(12-10-14)28(24,25)22(3)26-4/h5-13H,1-4H3/t13-/m0/s1. The number of rotatable bonds is 6. The Morgan fingerprint density at radius 2 is 1.75 bits per heavy atom. The van der Waals surface area contributed by atoms with Gasteiger partial charge in [0.1, 0.15) is 5.01 Å². The van der Waals surface area contributed by atoms with E-state index in [2.05, 4.69) is 4.98 Å². The minimum absolute atomic E-state index is 0.0512. The zero-order chi connectivity index (χ0) is 20.5. The van der Waals surface area contributed by atoms with Crippen LogP contribution in [0.1, 0.15) is 28.3 Å². The van der Waals surface area contributed by atoms with Gasteiger partial charge >= 0.3 is 0 Å². The summed E-state index contributed by atoms with van der Waals surface area (Å²) in [7, 11) is 0.542. The fourth-order valence-electron chi connectivity index (χ4n) is 2.63. The molecule has 1 heterocycles. The van der Waals surface area contributed by atoms with Crippen LogP contribution in [-0.2, 0) is 14.9 Å². The third-order valence-electron chi connectivity index (χ3n) is 4.56. The van der Waals surface area contributed by atoms with E-state index in [0.29, 0.717) is 5.56 Å². The summed E-state index contributed by atoms with van der Waals surface area (Å²) in [5, 5.41) is 0.845. The lowest BCUT2D eigenvalue weighted by molar-refractivity contribution is -0.0258. The Bertz CT molecular complexity index is 1060. The van der Waals surface area contributed by atoms with Crippen LogP contribution in [0.5, 0.6) is 0 Å². The Balaban J connectivity index is 1.81. The van der Waals surface area contributed by atoms with Crippen LogP contribution in [0.2, 0.25) is 0 Å². The van der Waals surface area contributed by atoms with Crippen LogP contribution in [0.15, 0.2) is 53.4 Å². The molecule has 0 spiro atoms. The number of thiazole rings is 1. The number of fused-ring (bicyclic) bond motifs is 1. The second-order valence-corrected chi connectivity index (χ2v) is 9.23. The number of hydroxylamine groups is 1. The Morgan fingerprint density at radius 1 is 1.11 bits per heavy atom. The zero-order valence-corrected chi connectivity index (χ0v) is 17.6. The lowest BCUT2D eigenvalue weighted by Gasteiger charge is -2.23. The molecule has 148 valence electrons. The fourth-order valence-corrected chi connectivity index (χ4v) is 4.67. The third-order valence-corrected chi connectivity index (χ3v) is 7.46. The number of nitrogens with zero attached hydrogens (tertiary/aromatic N) is 3. The second kappa shape index (κ2) is 7.96. The molecule has 0 fully saturated rings. The molecule has 1 aromatic heterocycles. The van der Waals surface area contributed by atoms with Gasteiger partial charge in [0, 0.05) is 19.7 Å². The Kier molecular flexibility index (Phi) is 5.80. The summed E-state index contributed by atoms with van der Waals surface area (Å²) in [5.74, 6) is -0.212. The molecule has 0 unspecified atom stereocenters. The van der Waals surface area contributed by atoms with Gasteiger partial charge < -0.3 is 4.90 Å². The van der Waals surface area contributed by atoms with Crippen molar-refractivity contribution in [2.45, 2.75) is 17.9 Å². The van der Waals surface area contributed by atoms with Gasteiger partial charge in [-0.15, -0.1) is 11.3 Å². The Morgan fingerprint density at radius 3 is 2.36 bits per heavy atom. The van der Waals surface area contributed by atoms with E-state index in [4.69, 9.17) is 4.84 Å². The highest BCUT2D eigenvalue weighted by molar-refractivity contribution is 7.89. The average molecular weight is 420 g/mol. The molecule has 0 N–H and O–H groups in total. The van der Waals surface area contributed by atoms with Crippen molar-refractivity contribution in [2.24, 2.45) is 0 Å². The van der Waals surface area contributed by atoms with Gasteiger partial charge in [-0.3, -0.25) is 9.63 Å². The first kappa shape index (κ1) is 20.4. The number of aromatic nitrogens is 1. The SMILES string of the molecule is CON(C)S(=O)(=O)c1ccc(C(=O)N(C)[C@@H](C)c2nc3ccccc3s2)cc1. The molecular formula is C19H21N3O4S2. The molecular weight excluding hydrogens is 398 g/mol. The number of carbonyl (C=O) groups is 1. The predicted molar refractivity (Wildman–Crippen MR) is 109 cm³/mol. The molecule has 0 saturated heterocycles. The molecule has 0 aliphatic carbocycles. The molecule has 0 saturated carbocycles. The Hall–Kier alpha value is -2.33. The minimum atomic E-state index is -3.75. The van der Waals surface area contributed by atoms with Crippen LogP contribution in [0.25, 0.3) is 10.2 Å². The van der Waals surface area contributed by atoms with E-state index in [1.807, 2.05) is 31.2 Å². The molecule has 0 aliphatic heterocycles. The van der Waals surface area contributed by atoms with Crippen molar-refractivity contribution in [1.29, 1.82) is 0 Å². The number of benzene rings is 2. The Labute approximate surface area is 168 Å². The van der Waals surface area contributed by atoms with Gasteiger partial charge in [0.15, 0.2) is 0 Å². The number of sulfonamides is 1. The smallest absolute Gasteiger partial charge is 0.264 e. The monoisotopic (exact) mass is 419 g/mol. The third kappa shape index (κ3) is 3.79. The lowest BCUT2D eigenvalue weighted by Crippen LogP contribution is -2.30. The predicted octanol–water partition coefficient (Wildman–Crippen LogP) is 3.31. The van der Waals surface area contributed by atoms with Crippen LogP contribution in [0, 0.1) is 0 Å². The number of amides is 1. The van der Waals surface area contributed by atoms with Gasteiger partial charge in [-0.25, -0.2) is 13.4 Å². The van der Waals surface area contributed by atoms with Crippen LogP contribution in [0.4, 0.5) is 0 Å². The van der Waals surface area contributed by atoms with Gasteiger partial charge in [0.25, 0.3) is 15.9 Å². The number of carbonyl (C=O) groups excluding carboxylic acids is 1. The quantitative estimate of drug-likeness (QED) is 0.573. The molecule has 0 bridgehead atoms. The van der Waals surface area contributed by atoms with E-state index in [0.717, 1.165) is 19.7 Å². The lowest BCUT2D eigenvalue weighted by atomic mass is 10.2. The van der Waals surface area contributed by atoms with Gasteiger partial charge in [-0.1, -0.05) is 16.6 Å². The largest absolute Gasteiger partial charge is 0.333 e. The first-order valence-corrected chi connectivity index (χ1v) is 10.8. The van der Waals surface area contributed by atoms with Crippen LogP contribution < -0.4 is 0 Å². The molecule has 3 rings (SSSR count). The van der Waals surface area contributed by atoms with E-state index in [1.54, 1.807) is 23.3 Å². The van der Waals surface area contributed by atoms with Gasteiger partial charge in [0.05, 0.1) is 28.3 Å². The van der Waals surface area contributed by atoms with E-state index in [1.165, 1.54) is 38.4 Å². The number of hydrogen-bond donors (Lipinski definition) is 0. The molecule has 3 aromatic rings. The molecule has 0 aliphatic rings. The van der Waals surface area contributed by atoms with Gasteiger partial charge in [-0.05, 0) is 43.3 Å². The van der Waals surface area contributed by atoms with E-state index in [-0.39, 0.29) is 16.8 Å². The minimum Gasteiger partial charge on any atom is -0.333 e. The molecule has 0 radical (unpaired) electrons. The summed E-state index contributed by atoms with van der Waals surface area (Å²) in [6, 6.07) is 13.4. The van der Waals surface area contributed by atoms with Crippen molar-refractivity contribution in [3.05, 3.63) is 59.1 Å².